The van der Waals surface area contributed by atoms with Crippen LogP contribution in [0.1, 0.15) is 61.1 Å². The zero-order valence-electron chi connectivity index (χ0n) is 18.9. The molecule has 2 aromatic rings. The summed E-state index contributed by atoms with van der Waals surface area (Å²) in [6, 6.07) is 16.1. The number of rotatable bonds is 6. The summed E-state index contributed by atoms with van der Waals surface area (Å²) in [7, 11) is 0. The van der Waals surface area contributed by atoms with Crippen molar-refractivity contribution in [2.75, 3.05) is 13.1 Å². The van der Waals surface area contributed by atoms with Crippen molar-refractivity contribution < 1.29 is 19.4 Å². The van der Waals surface area contributed by atoms with Gasteiger partial charge >= 0.3 is 0 Å². The van der Waals surface area contributed by atoms with Gasteiger partial charge in [-0.05, 0) is 70.3 Å². The molecule has 0 saturated carbocycles. The fourth-order valence-electron chi connectivity index (χ4n) is 4.39. The van der Waals surface area contributed by atoms with Gasteiger partial charge in [0.2, 0.25) is 6.29 Å². The standard InChI is InChI=1S/C27H32INO4/c28-24-12-10-22(11-13-24)23-16-25(27(31)29-14-4-2-1-3-5-15-29)33-26(17-23)32-19-21-8-6-20(18-30)7-9-21/h6-13,16,23,26,30H,1-5,14-15,17-19H2/t23-,26+/m0/s1. The number of likely N-dealkylation sites (tertiary alicyclic amines) is 1. The predicted octanol–water partition coefficient (Wildman–Crippen LogP) is 5.51. The van der Waals surface area contributed by atoms with Crippen LogP contribution in [0.5, 0.6) is 0 Å². The maximum atomic E-state index is 13.4. The molecule has 33 heavy (non-hydrogen) atoms. The number of carbonyl (C=O) groups excluding carboxylic acids is 1. The van der Waals surface area contributed by atoms with E-state index in [-0.39, 0.29) is 18.4 Å². The number of halogens is 1. The molecular formula is C27H32INO4. The molecule has 2 heterocycles. The van der Waals surface area contributed by atoms with Gasteiger partial charge in [0.15, 0.2) is 5.76 Å². The Balaban J connectivity index is 1.50. The zero-order valence-corrected chi connectivity index (χ0v) is 21.1. The lowest BCUT2D eigenvalue weighted by atomic mass is 9.93. The number of ether oxygens (including phenoxy) is 2. The van der Waals surface area contributed by atoms with Crippen LogP contribution < -0.4 is 0 Å². The summed E-state index contributed by atoms with van der Waals surface area (Å²) in [5.74, 6) is 0.449. The van der Waals surface area contributed by atoms with E-state index < -0.39 is 6.29 Å². The topological polar surface area (TPSA) is 59.0 Å². The molecule has 2 atom stereocenters. The molecule has 5 nitrogen and oxygen atoms in total. The Labute approximate surface area is 209 Å². The summed E-state index contributed by atoms with van der Waals surface area (Å²) in [6.45, 7) is 1.99. The second-order valence-corrected chi connectivity index (χ2v) is 10.1. The van der Waals surface area contributed by atoms with Gasteiger partial charge in [-0.3, -0.25) is 4.79 Å². The molecule has 1 saturated heterocycles. The van der Waals surface area contributed by atoms with Crippen molar-refractivity contribution in [1.29, 1.82) is 0 Å². The maximum Gasteiger partial charge on any atom is 0.288 e. The summed E-state index contributed by atoms with van der Waals surface area (Å²) in [6.07, 6.45) is 7.85. The number of hydrogen-bond donors (Lipinski definition) is 1. The summed E-state index contributed by atoms with van der Waals surface area (Å²) >= 11 is 2.31. The highest BCUT2D eigenvalue weighted by Crippen LogP contribution is 2.33. The molecule has 0 aromatic heterocycles. The van der Waals surface area contributed by atoms with E-state index in [1.807, 2.05) is 35.2 Å². The molecule has 1 fully saturated rings. The molecule has 0 aliphatic carbocycles. The third kappa shape index (κ3) is 6.80. The first-order chi connectivity index (χ1) is 16.1. The molecule has 0 spiro atoms. The van der Waals surface area contributed by atoms with Crippen LogP contribution in [0.3, 0.4) is 0 Å². The summed E-state index contributed by atoms with van der Waals surface area (Å²) in [5.41, 5.74) is 3.04. The third-order valence-corrected chi connectivity index (χ3v) is 7.07. The lowest BCUT2D eigenvalue weighted by molar-refractivity contribution is -0.156. The summed E-state index contributed by atoms with van der Waals surface area (Å²) < 4.78 is 13.4. The summed E-state index contributed by atoms with van der Waals surface area (Å²) in [4.78, 5) is 15.3. The first-order valence-corrected chi connectivity index (χ1v) is 12.9. The zero-order chi connectivity index (χ0) is 23.0. The third-order valence-electron chi connectivity index (χ3n) is 6.35. The van der Waals surface area contributed by atoms with E-state index in [2.05, 4.69) is 46.9 Å². The number of nitrogens with zero attached hydrogens (tertiary/aromatic N) is 1. The minimum Gasteiger partial charge on any atom is -0.459 e. The molecule has 0 radical (unpaired) electrons. The van der Waals surface area contributed by atoms with Gasteiger partial charge in [0.25, 0.3) is 5.91 Å². The van der Waals surface area contributed by atoms with Gasteiger partial charge in [-0.2, -0.15) is 0 Å². The highest BCUT2D eigenvalue weighted by Gasteiger charge is 2.31. The Morgan fingerprint density at radius 1 is 0.970 bits per heavy atom. The van der Waals surface area contributed by atoms with Crippen molar-refractivity contribution in [3.05, 3.63) is 80.6 Å². The van der Waals surface area contributed by atoms with Crippen molar-refractivity contribution in [3.8, 4) is 0 Å². The molecule has 2 aromatic carbocycles. The van der Waals surface area contributed by atoms with Crippen LogP contribution in [-0.4, -0.2) is 35.3 Å². The smallest absolute Gasteiger partial charge is 0.288 e. The van der Waals surface area contributed by atoms with Crippen molar-refractivity contribution in [3.63, 3.8) is 0 Å². The lowest BCUT2D eigenvalue weighted by Crippen LogP contribution is -2.38. The number of benzene rings is 2. The molecule has 1 amide bonds. The normalized spacial score (nSPS) is 21.5. The number of aliphatic hydroxyl groups excluding tert-OH is 1. The Morgan fingerprint density at radius 2 is 1.61 bits per heavy atom. The minimum absolute atomic E-state index is 0.0204. The van der Waals surface area contributed by atoms with Crippen LogP contribution >= 0.6 is 22.6 Å². The van der Waals surface area contributed by atoms with Gasteiger partial charge in [-0.1, -0.05) is 55.7 Å². The molecule has 176 valence electrons. The molecule has 6 heteroatoms. The van der Waals surface area contributed by atoms with E-state index in [0.717, 1.165) is 42.6 Å². The Bertz CT molecular complexity index is 934. The Morgan fingerprint density at radius 3 is 2.27 bits per heavy atom. The second kappa shape index (κ2) is 12.0. The maximum absolute atomic E-state index is 13.4. The number of allylic oxidation sites excluding steroid dienone is 1. The van der Waals surface area contributed by atoms with E-state index >= 15 is 0 Å². The average molecular weight is 561 g/mol. The number of aliphatic hydroxyl groups is 1. The van der Waals surface area contributed by atoms with Gasteiger partial charge in [-0.15, -0.1) is 0 Å². The van der Waals surface area contributed by atoms with E-state index in [1.54, 1.807) is 0 Å². The largest absolute Gasteiger partial charge is 0.459 e. The first kappa shape index (κ1) is 24.2. The van der Waals surface area contributed by atoms with E-state index in [9.17, 15) is 9.90 Å². The van der Waals surface area contributed by atoms with Gasteiger partial charge in [0.05, 0.1) is 13.2 Å². The fourth-order valence-corrected chi connectivity index (χ4v) is 4.75. The van der Waals surface area contributed by atoms with Crippen molar-refractivity contribution in [1.82, 2.24) is 4.90 Å². The molecule has 0 unspecified atom stereocenters. The molecular weight excluding hydrogens is 529 g/mol. The second-order valence-electron chi connectivity index (χ2n) is 8.82. The van der Waals surface area contributed by atoms with Crippen LogP contribution in [0, 0.1) is 3.57 Å². The number of hydrogen-bond acceptors (Lipinski definition) is 4. The molecule has 2 aliphatic heterocycles. The number of amides is 1. The van der Waals surface area contributed by atoms with Crippen molar-refractivity contribution in [2.24, 2.45) is 0 Å². The van der Waals surface area contributed by atoms with E-state index in [0.29, 0.717) is 18.8 Å². The Kier molecular flexibility index (Phi) is 8.81. The Hall–Kier alpha value is -1.90. The molecule has 4 rings (SSSR count). The predicted molar refractivity (Wildman–Crippen MR) is 136 cm³/mol. The van der Waals surface area contributed by atoms with Crippen LogP contribution in [0.2, 0.25) is 0 Å². The van der Waals surface area contributed by atoms with Gasteiger partial charge in [0.1, 0.15) is 0 Å². The van der Waals surface area contributed by atoms with Crippen LogP contribution in [0.25, 0.3) is 0 Å². The minimum atomic E-state index is -0.495. The van der Waals surface area contributed by atoms with Gasteiger partial charge in [0, 0.05) is 29.0 Å². The molecule has 0 bridgehead atoms. The SMILES string of the molecule is O=C(C1=C[C@H](c2ccc(I)cc2)C[C@H](OCc2ccc(CO)cc2)O1)N1CCCCCCC1. The van der Waals surface area contributed by atoms with E-state index in [4.69, 9.17) is 9.47 Å². The molecule has 2 aliphatic rings. The number of carbonyl (C=O) groups is 1. The van der Waals surface area contributed by atoms with Crippen molar-refractivity contribution in [2.45, 2.75) is 63.9 Å². The fraction of sp³-hybridized carbons (Fsp3) is 0.444. The van der Waals surface area contributed by atoms with Gasteiger partial charge in [-0.25, -0.2) is 0 Å². The quantitative estimate of drug-likeness (QED) is 0.473. The van der Waals surface area contributed by atoms with Crippen LogP contribution in [0.4, 0.5) is 0 Å². The highest BCUT2D eigenvalue weighted by molar-refractivity contribution is 14.1. The highest BCUT2D eigenvalue weighted by atomic mass is 127. The lowest BCUT2D eigenvalue weighted by Gasteiger charge is -2.32. The average Bonchev–Trinajstić information content (AvgIpc) is 2.83. The first-order valence-electron chi connectivity index (χ1n) is 11.9. The monoisotopic (exact) mass is 561 g/mol. The molecule has 1 N–H and O–H groups in total. The van der Waals surface area contributed by atoms with Crippen molar-refractivity contribution >= 4 is 28.5 Å². The van der Waals surface area contributed by atoms with Gasteiger partial charge < -0.3 is 19.5 Å². The summed E-state index contributed by atoms with van der Waals surface area (Å²) in [5, 5.41) is 9.24. The van der Waals surface area contributed by atoms with Crippen LogP contribution in [-0.2, 0) is 27.5 Å². The van der Waals surface area contributed by atoms with Crippen LogP contribution in [0.15, 0.2) is 60.4 Å². The van der Waals surface area contributed by atoms with E-state index in [1.165, 1.54) is 22.8 Å².